The number of amides is 1. The Morgan fingerprint density at radius 3 is 2.92 bits per heavy atom. The first kappa shape index (κ1) is 17.5. The van der Waals surface area contributed by atoms with Crippen molar-refractivity contribution in [3.05, 3.63) is 12.7 Å². The number of aliphatic hydroxyl groups excluding tert-OH is 2. The van der Waals surface area contributed by atoms with E-state index in [0.717, 1.165) is 0 Å². The van der Waals surface area contributed by atoms with Gasteiger partial charge in [-0.25, -0.2) is 15.0 Å². The van der Waals surface area contributed by atoms with Crippen molar-refractivity contribution >= 4 is 22.9 Å². The number of imidazole rings is 1. The molecule has 1 aliphatic rings. The maximum Gasteiger partial charge on any atom is 0.237 e. The first-order valence-corrected chi connectivity index (χ1v) is 7.91. The predicted molar refractivity (Wildman–Crippen MR) is 86.9 cm³/mol. The van der Waals surface area contributed by atoms with Gasteiger partial charge >= 0.3 is 0 Å². The van der Waals surface area contributed by atoms with Crippen molar-refractivity contribution in [2.24, 2.45) is 5.73 Å². The molecule has 0 spiro atoms. The second-order valence-corrected chi connectivity index (χ2v) is 5.87. The van der Waals surface area contributed by atoms with Gasteiger partial charge in [0.25, 0.3) is 0 Å². The fourth-order valence-corrected chi connectivity index (χ4v) is 2.80. The molecule has 1 fully saturated rings. The van der Waals surface area contributed by atoms with Gasteiger partial charge in [0, 0.05) is 0 Å². The predicted octanol–water partition coefficient (Wildman–Crippen LogP) is -2.12. The van der Waals surface area contributed by atoms with E-state index in [1.165, 1.54) is 17.2 Å². The zero-order valence-electron chi connectivity index (χ0n) is 13.6. The number of nitrogens with one attached hydrogen (secondary N) is 1. The van der Waals surface area contributed by atoms with Crippen LogP contribution in [0.5, 0.6) is 0 Å². The molecule has 2 aromatic heterocycles. The minimum atomic E-state index is -1.13. The van der Waals surface area contributed by atoms with Crippen molar-refractivity contribution in [1.29, 1.82) is 0 Å². The van der Waals surface area contributed by atoms with Crippen molar-refractivity contribution in [2.45, 2.75) is 43.9 Å². The van der Waals surface area contributed by atoms with Gasteiger partial charge in [0.05, 0.1) is 19.0 Å². The zero-order valence-corrected chi connectivity index (χ0v) is 13.6. The van der Waals surface area contributed by atoms with Gasteiger partial charge in [-0.2, -0.15) is 0 Å². The Balaban J connectivity index is 1.96. The van der Waals surface area contributed by atoms with Crippen LogP contribution in [0.1, 0.15) is 19.6 Å². The van der Waals surface area contributed by atoms with Gasteiger partial charge in [-0.1, -0.05) is 6.92 Å². The van der Waals surface area contributed by atoms with E-state index >= 15 is 0 Å². The van der Waals surface area contributed by atoms with Gasteiger partial charge < -0.3 is 31.7 Å². The first-order chi connectivity index (χ1) is 12.0. The molecular formula is C14H21N7O4. The van der Waals surface area contributed by atoms with Crippen molar-refractivity contribution in [3.8, 4) is 0 Å². The Kier molecular flexibility index (Phi) is 4.81. The highest BCUT2D eigenvalue weighted by Crippen LogP contribution is 2.32. The summed E-state index contributed by atoms with van der Waals surface area (Å²) in [4.78, 5) is 24.3. The molecule has 1 amide bonds. The van der Waals surface area contributed by atoms with E-state index in [1.54, 1.807) is 6.92 Å². The minimum absolute atomic E-state index is 0.203. The van der Waals surface area contributed by atoms with Gasteiger partial charge in [-0.15, -0.1) is 0 Å². The largest absolute Gasteiger partial charge is 0.394 e. The molecule has 11 nitrogen and oxygen atoms in total. The summed E-state index contributed by atoms with van der Waals surface area (Å²) in [6.45, 7) is 1.37. The van der Waals surface area contributed by atoms with E-state index < -0.39 is 43.0 Å². The molecule has 11 heteroatoms. The molecule has 0 aliphatic carbocycles. The number of carbonyl (C=O) groups excluding carboxylic acids is 1. The fraction of sp³-hybridized carbons (Fsp3) is 0.571. The standard InChI is InChI=1S/C14H21N7O4/c1-2-6(15)13(24)20-8-10(23)7(3-22)25-14(8)21-5-19-9-11(16)17-4-18-12(9)21/h4-8,10,14,22-23H,2-3,15H2,1H3,(H,20,24)(H2,16,17,18)/t6?,7-,8?,10?,14-/m1/s1. The van der Waals surface area contributed by atoms with Crippen LogP contribution in [-0.2, 0) is 9.53 Å². The summed E-state index contributed by atoms with van der Waals surface area (Å²) < 4.78 is 7.24. The molecule has 3 heterocycles. The SMILES string of the molecule is CCC(N)C(=O)NC1C(O)[C@@H](CO)O[C@H]1n1cnc2c(N)ncnc21. The average molecular weight is 351 g/mol. The normalized spacial score (nSPS) is 27.5. The number of nitrogens with zero attached hydrogens (tertiary/aromatic N) is 4. The fourth-order valence-electron chi connectivity index (χ4n) is 2.80. The van der Waals surface area contributed by atoms with E-state index in [-0.39, 0.29) is 5.82 Å². The van der Waals surface area contributed by atoms with Crippen LogP contribution in [0.4, 0.5) is 5.82 Å². The van der Waals surface area contributed by atoms with Crippen LogP contribution in [-0.4, -0.2) is 66.5 Å². The van der Waals surface area contributed by atoms with Gasteiger partial charge in [-0.3, -0.25) is 9.36 Å². The van der Waals surface area contributed by atoms with Gasteiger partial charge in [-0.05, 0) is 6.42 Å². The maximum atomic E-state index is 12.2. The monoisotopic (exact) mass is 351 g/mol. The number of aliphatic hydroxyl groups is 2. The molecule has 7 N–H and O–H groups in total. The number of hydrogen-bond acceptors (Lipinski definition) is 9. The van der Waals surface area contributed by atoms with Crippen LogP contribution in [0.25, 0.3) is 11.2 Å². The third kappa shape index (κ3) is 3.02. The number of aromatic nitrogens is 4. The molecule has 0 radical (unpaired) electrons. The lowest BCUT2D eigenvalue weighted by molar-refractivity contribution is -0.124. The second-order valence-electron chi connectivity index (χ2n) is 5.87. The van der Waals surface area contributed by atoms with Crippen molar-refractivity contribution < 1.29 is 19.7 Å². The van der Waals surface area contributed by atoms with Crippen LogP contribution in [0, 0.1) is 0 Å². The molecule has 0 bridgehead atoms. The Bertz CT molecular complexity index is 767. The summed E-state index contributed by atoms with van der Waals surface area (Å²) >= 11 is 0. The smallest absolute Gasteiger partial charge is 0.237 e. The van der Waals surface area contributed by atoms with E-state index in [4.69, 9.17) is 16.2 Å². The van der Waals surface area contributed by atoms with Crippen LogP contribution < -0.4 is 16.8 Å². The first-order valence-electron chi connectivity index (χ1n) is 7.91. The Labute approximate surface area is 143 Å². The molecule has 5 atom stereocenters. The summed E-state index contributed by atoms with van der Waals surface area (Å²) in [5.74, 6) is -0.216. The van der Waals surface area contributed by atoms with E-state index in [1.807, 2.05) is 0 Å². The van der Waals surface area contributed by atoms with Crippen LogP contribution in [0.15, 0.2) is 12.7 Å². The molecule has 0 saturated carbocycles. The summed E-state index contributed by atoms with van der Waals surface area (Å²) in [7, 11) is 0. The number of nitrogens with two attached hydrogens (primary N) is 2. The number of ether oxygens (including phenoxy) is 1. The lowest BCUT2D eigenvalue weighted by Crippen LogP contribution is -2.51. The highest BCUT2D eigenvalue weighted by molar-refractivity contribution is 5.82. The van der Waals surface area contributed by atoms with Gasteiger partial charge in [0.1, 0.15) is 30.1 Å². The maximum absolute atomic E-state index is 12.2. The lowest BCUT2D eigenvalue weighted by Gasteiger charge is -2.24. The molecule has 0 aromatic carbocycles. The second kappa shape index (κ2) is 6.88. The van der Waals surface area contributed by atoms with E-state index in [9.17, 15) is 15.0 Å². The van der Waals surface area contributed by atoms with Crippen LogP contribution in [0.2, 0.25) is 0 Å². The molecular weight excluding hydrogens is 330 g/mol. The van der Waals surface area contributed by atoms with Crippen LogP contribution >= 0.6 is 0 Å². The van der Waals surface area contributed by atoms with Crippen LogP contribution in [0.3, 0.4) is 0 Å². The Morgan fingerprint density at radius 2 is 2.24 bits per heavy atom. The zero-order chi connectivity index (χ0) is 18.1. The molecule has 1 saturated heterocycles. The molecule has 136 valence electrons. The summed E-state index contributed by atoms with van der Waals surface area (Å²) in [6, 6.07) is -1.55. The van der Waals surface area contributed by atoms with Crippen molar-refractivity contribution in [1.82, 2.24) is 24.8 Å². The van der Waals surface area contributed by atoms with E-state index in [0.29, 0.717) is 17.6 Å². The third-order valence-corrected chi connectivity index (χ3v) is 4.30. The summed E-state index contributed by atoms with van der Waals surface area (Å²) in [6.07, 6.45) is 0.335. The summed E-state index contributed by atoms with van der Waals surface area (Å²) in [5, 5.41) is 22.5. The quantitative estimate of drug-likeness (QED) is 0.403. The molecule has 2 aromatic rings. The third-order valence-electron chi connectivity index (χ3n) is 4.30. The molecule has 1 aliphatic heterocycles. The topological polar surface area (TPSA) is 174 Å². The van der Waals surface area contributed by atoms with Crippen molar-refractivity contribution in [3.63, 3.8) is 0 Å². The van der Waals surface area contributed by atoms with Gasteiger partial charge in [0.15, 0.2) is 17.7 Å². The Hall–Kier alpha value is -2.34. The molecule has 3 rings (SSSR count). The number of hydrogen-bond donors (Lipinski definition) is 5. The van der Waals surface area contributed by atoms with Gasteiger partial charge in [0.2, 0.25) is 5.91 Å². The molecule has 3 unspecified atom stereocenters. The highest BCUT2D eigenvalue weighted by atomic mass is 16.5. The molecule has 25 heavy (non-hydrogen) atoms. The number of rotatable bonds is 5. The Morgan fingerprint density at radius 1 is 1.48 bits per heavy atom. The van der Waals surface area contributed by atoms with Crippen molar-refractivity contribution in [2.75, 3.05) is 12.3 Å². The minimum Gasteiger partial charge on any atom is -0.394 e. The number of anilines is 1. The average Bonchev–Trinajstić information content (AvgIpc) is 3.17. The van der Waals surface area contributed by atoms with E-state index in [2.05, 4.69) is 20.3 Å². The lowest BCUT2D eigenvalue weighted by atomic mass is 10.1. The number of carbonyl (C=O) groups is 1. The highest BCUT2D eigenvalue weighted by Gasteiger charge is 2.46. The number of nitrogen functional groups attached to an aromatic ring is 1. The number of fused-ring (bicyclic) bond motifs is 1. The summed E-state index contributed by atoms with van der Waals surface area (Å²) in [5.41, 5.74) is 12.3.